The number of fused-ring (bicyclic) bond motifs is 2. The van der Waals surface area contributed by atoms with Crippen molar-refractivity contribution in [3.63, 3.8) is 0 Å². The molecular weight excluding hydrogens is 420 g/mol. The molecule has 1 heterocycles. The Balaban J connectivity index is 1.63. The summed E-state index contributed by atoms with van der Waals surface area (Å²) in [7, 11) is 0. The number of ether oxygens (including phenoxy) is 6. The van der Waals surface area contributed by atoms with Crippen LogP contribution in [0.2, 0.25) is 0 Å². The molecule has 0 aromatic heterocycles. The van der Waals surface area contributed by atoms with Crippen LogP contribution in [0.5, 0.6) is 23.0 Å². The van der Waals surface area contributed by atoms with Crippen LogP contribution in [0.15, 0.2) is 46.7 Å². The molecule has 0 amide bonds. The number of rotatable bonds is 2. The van der Waals surface area contributed by atoms with Crippen molar-refractivity contribution >= 4 is 12.4 Å². The van der Waals surface area contributed by atoms with E-state index < -0.39 is 0 Å². The summed E-state index contributed by atoms with van der Waals surface area (Å²) in [6.45, 7) is 2.64. The zero-order valence-corrected chi connectivity index (χ0v) is 17.5. The Hall–Kier alpha value is -3.50. The maximum absolute atomic E-state index is 8.75. The molecule has 1 aliphatic rings. The first-order valence-corrected chi connectivity index (χ1v) is 10.1. The predicted molar refractivity (Wildman–Crippen MR) is 115 cm³/mol. The minimum atomic E-state index is 0.295. The molecule has 172 valence electrons. The lowest BCUT2D eigenvalue weighted by Crippen LogP contribution is -2.15. The smallest absolute Gasteiger partial charge is 0.161 e. The predicted octanol–water partition coefficient (Wildman–Crippen LogP) is 2.57. The van der Waals surface area contributed by atoms with Crippen molar-refractivity contribution in [2.24, 2.45) is 10.3 Å². The zero-order valence-electron chi connectivity index (χ0n) is 17.5. The van der Waals surface area contributed by atoms with Crippen molar-refractivity contribution in [3.05, 3.63) is 47.5 Å². The van der Waals surface area contributed by atoms with E-state index in [1.54, 1.807) is 36.4 Å². The molecule has 32 heavy (non-hydrogen) atoms. The van der Waals surface area contributed by atoms with Gasteiger partial charge in [-0.25, -0.2) is 0 Å². The van der Waals surface area contributed by atoms with Crippen LogP contribution in [-0.2, 0) is 9.47 Å². The van der Waals surface area contributed by atoms with Crippen LogP contribution in [0.1, 0.15) is 11.1 Å². The molecule has 0 atom stereocenters. The molecule has 0 saturated heterocycles. The Morgan fingerprint density at radius 1 is 0.531 bits per heavy atom. The molecule has 0 unspecified atom stereocenters. The molecule has 0 saturated carbocycles. The molecule has 10 heteroatoms. The molecule has 0 spiro atoms. The van der Waals surface area contributed by atoms with Crippen LogP contribution in [0.4, 0.5) is 0 Å². The van der Waals surface area contributed by atoms with Gasteiger partial charge in [0.05, 0.1) is 38.9 Å². The molecule has 0 fully saturated rings. The van der Waals surface area contributed by atoms with E-state index in [2.05, 4.69) is 10.3 Å². The molecule has 2 aromatic carbocycles. The Morgan fingerprint density at radius 2 is 0.906 bits per heavy atom. The van der Waals surface area contributed by atoms with Crippen LogP contribution < -0.4 is 18.9 Å². The van der Waals surface area contributed by atoms with E-state index in [1.165, 1.54) is 12.4 Å². The fraction of sp³-hybridized carbons (Fsp3) is 0.364. The Morgan fingerprint density at radius 3 is 1.28 bits per heavy atom. The quantitative estimate of drug-likeness (QED) is 0.410. The van der Waals surface area contributed by atoms with Crippen LogP contribution in [-0.4, -0.2) is 75.7 Å². The standard InChI is InChI=1S/C22H26N2O8/c25-23-15-17-1-3-19-21(13-17)31-11-7-28-8-12-32-22-14-18(16-24-26)2-4-20(22)30-10-6-27-5-9-29-19/h1-4,13-16,25-26H,5-12H2. The number of hydrogen-bond acceptors (Lipinski definition) is 10. The van der Waals surface area contributed by atoms with Crippen molar-refractivity contribution in [2.45, 2.75) is 0 Å². The number of benzene rings is 2. The lowest BCUT2D eigenvalue weighted by Gasteiger charge is -2.16. The molecule has 2 aromatic rings. The highest BCUT2D eigenvalue weighted by Crippen LogP contribution is 2.29. The number of nitrogens with zero attached hydrogens (tertiary/aromatic N) is 2. The highest BCUT2D eigenvalue weighted by Gasteiger charge is 2.09. The summed E-state index contributed by atoms with van der Waals surface area (Å²) in [6, 6.07) is 10.4. The molecule has 2 N–H and O–H groups in total. The monoisotopic (exact) mass is 446 g/mol. The van der Waals surface area contributed by atoms with Crippen LogP contribution in [0, 0.1) is 0 Å². The SMILES string of the molecule is ON=Cc1ccc2c(c1)OCCOCCOc1cc(C=NO)ccc1OCCOCCO2. The minimum absolute atomic E-state index is 0.295. The summed E-state index contributed by atoms with van der Waals surface area (Å²) in [5, 5.41) is 23.6. The summed E-state index contributed by atoms with van der Waals surface area (Å²) < 4.78 is 34.3. The van der Waals surface area contributed by atoms with E-state index in [0.717, 1.165) is 0 Å². The fourth-order valence-corrected chi connectivity index (χ4v) is 2.85. The minimum Gasteiger partial charge on any atom is -0.487 e. The summed E-state index contributed by atoms with van der Waals surface area (Å²) in [4.78, 5) is 0. The Labute approximate surface area is 185 Å². The van der Waals surface area contributed by atoms with Crippen molar-refractivity contribution in [2.75, 3.05) is 52.9 Å². The van der Waals surface area contributed by atoms with Gasteiger partial charge in [0.25, 0.3) is 0 Å². The summed E-state index contributed by atoms with van der Waals surface area (Å²) in [5.74, 6) is 2.14. The van der Waals surface area contributed by atoms with Crippen molar-refractivity contribution in [1.29, 1.82) is 0 Å². The first kappa shape index (κ1) is 23.2. The van der Waals surface area contributed by atoms with Gasteiger partial charge in [0, 0.05) is 11.1 Å². The molecule has 10 nitrogen and oxygen atoms in total. The van der Waals surface area contributed by atoms with Crippen LogP contribution in [0.25, 0.3) is 0 Å². The van der Waals surface area contributed by atoms with Gasteiger partial charge in [0.2, 0.25) is 0 Å². The normalized spacial score (nSPS) is 16.5. The van der Waals surface area contributed by atoms with Gasteiger partial charge in [-0.1, -0.05) is 10.3 Å². The van der Waals surface area contributed by atoms with Crippen LogP contribution in [0.3, 0.4) is 0 Å². The lowest BCUT2D eigenvalue weighted by molar-refractivity contribution is 0.0640. The zero-order chi connectivity index (χ0) is 22.4. The van der Waals surface area contributed by atoms with E-state index in [4.69, 9.17) is 38.8 Å². The largest absolute Gasteiger partial charge is 0.487 e. The third-order valence-electron chi connectivity index (χ3n) is 4.29. The second-order valence-corrected chi connectivity index (χ2v) is 6.52. The van der Waals surface area contributed by atoms with Gasteiger partial charge in [0.15, 0.2) is 23.0 Å². The Kier molecular flexibility index (Phi) is 9.43. The molecule has 0 aliphatic carbocycles. The van der Waals surface area contributed by atoms with Gasteiger partial charge in [-0.15, -0.1) is 0 Å². The Bertz CT molecular complexity index is 832. The van der Waals surface area contributed by atoms with E-state index in [-0.39, 0.29) is 0 Å². The lowest BCUT2D eigenvalue weighted by atomic mass is 10.2. The van der Waals surface area contributed by atoms with E-state index in [0.29, 0.717) is 87.0 Å². The van der Waals surface area contributed by atoms with Crippen LogP contribution >= 0.6 is 0 Å². The van der Waals surface area contributed by atoms with E-state index in [9.17, 15) is 0 Å². The van der Waals surface area contributed by atoms with Gasteiger partial charge in [-0.3, -0.25) is 0 Å². The molecule has 3 rings (SSSR count). The van der Waals surface area contributed by atoms with E-state index >= 15 is 0 Å². The van der Waals surface area contributed by atoms with Gasteiger partial charge < -0.3 is 38.8 Å². The number of oxime groups is 2. The molecule has 1 aliphatic heterocycles. The average molecular weight is 446 g/mol. The van der Waals surface area contributed by atoms with Gasteiger partial charge in [0.1, 0.15) is 26.4 Å². The number of hydrogen-bond donors (Lipinski definition) is 2. The third kappa shape index (κ3) is 7.33. The maximum Gasteiger partial charge on any atom is 0.161 e. The van der Waals surface area contributed by atoms with Gasteiger partial charge in [-0.05, 0) is 36.4 Å². The first-order valence-electron chi connectivity index (χ1n) is 10.1. The summed E-state index contributed by atoms with van der Waals surface area (Å²) in [5.41, 5.74) is 1.34. The second-order valence-electron chi connectivity index (χ2n) is 6.52. The third-order valence-corrected chi connectivity index (χ3v) is 4.29. The summed E-state index contributed by atoms with van der Waals surface area (Å²) >= 11 is 0. The van der Waals surface area contributed by atoms with Gasteiger partial charge >= 0.3 is 0 Å². The maximum atomic E-state index is 8.75. The molecule has 0 radical (unpaired) electrons. The summed E-state index contributed by atoms with van der Waals surface area (Å²) in [6.07, 6.45) is 2.61. The second kappa shape index (κ2) is 13.0. The van der Waals surface area contributed by atoms with Crippen molar-refractivity contribution < 1.29 is 38.8 Å². The highest BCUT2D eigenvalue weighted by molar-refractivity contribution is 5.80. The molecule has 0 bridgehead atoms. The molecular formula is C22H26N2O8. The first-order chi connectivity index (χ1) is 15.8. The topological polar surface area (TPSA) is 121 Å². The highest BCUT2D eigenvalue weighted by atomic mass is 16.6. The van der Waals surface area contributed by atoms with Gasteiger partial charge in [-0.2, -0.15) is 0 Å². The fourth-order valence-electron chi connectivity index (χ4n) is 2.85. The average Bonchev–Trinajstić information content (AvgIpc) is 2.80. The van der Waals surface area contributed by atoms with E-state index in [1.807, 2.05) is 0 Å². The van der Waals surface area contributed by atoms with Crippen molar-refractivity contribution in [1.82, 2.24) is 0 Å². The van der Waals surface area contributed by atoms with Crippen molar-refractivity contribution in [3.8, 4) is 23.0 Å².